The second kappa shape index (κ2) is 5.67. The van der Waals surface area contributed by atoms with Crippen LogP contribution in [0.1, 0.15) is 36.8 Å². The van der Waals surface area contributed by atoms with Gasteiger partial charge in [0.25, 0.3) is 0 Å². The summed E-state index contributed by atoms with van der Waals surface area (Å²) >= 11 is 0. The lowest BCUT2D eigenvalue weighted by molar-refractivity contribution is -0.121. The average Bonchev–Trinajstić information content (AvgIpc) is 3.11. The fourth-order valence-corrected chi connectivity index (χ4v) is 4.90. The molecule has 0 saturated heterocycles. The fourth-order valence-electron chi connectivity index (χ4n) is 4.27. The monoisotopic (exact) mass is 352 g/mol. The first-order valence-electron chi connectivity index (χ1n) is 8.59. The van der Waals surface area contributed by atoms with E-state index in [0.29, 0.717) is 4.90 Å². The average molecular weight is 352 g/mol. The normalized spacial score (nSPS) is 19.3. The van der Waals surface area contributed by atoms with Crippen LogP contribution in [-0.2, 0) is 14.6 Å². The Kier molecular flexibility index (Phi) is 3.69. The minimum absolute atomic E-state index is 0.249. The van der Waals surface area contributed by atoms with Crippen molar-refractivity contribution in [3.05, 3.63) is 65.7 Å². The Hall–Kier alpha value is -2.20. The summed E-state index contributed by atoms with van der Waals surface area (Å²) in [5, 5.41) is 0. The Bertz CT molecular complexity index is 962. The van der Waals surface area contributed by atoms with Crippen LogP contribution in [0.4, 0.5) is 0 Å². The van der Waals surface area contributed by atoms with Gasteiger partial charge in [0.15, 0.2) is 15.6 Å². The van der Waals surface area contributed by atoms with Crippen molar-refractivity contribution < 1.29 is 13.2 Å². The molecule has 0 heterocycles. The molecular formula is C21H20O3S. The molecule has 4 rings (SSSR count). The lowest BCUT2D eigenvalue weighted by atomic mass is 9.58. The van der Waals surface area contributed by atoms with Crippen molar-refractivity contribution in [2.45, 2.75) is 30.6 Å². The van der Waals surface area contributed by atoms with E-state index in [1.54, 1.807) is 12.1 Å². The van der Waals surface area contributed by atoms with Crippen LogP contribution in [0.25, 0.3) is 11.1 Å². The zero-order valence-corrected chi connectivity index (χ0v) is 15.0. The molecule has 2 aromatic rings. The highest BCUT2D eigenvalue weighted by atomic mass is 32.2. The van der Waals surface area contributed by atoms with Crippen LogP contribution < -0.4 is 0 Å². The third-order valence-electron chi connectivity index (χ3n) is 5.48. The van der Waals surface area contributed by atoms with Gasteiger partial charge in [-0.2, -0.15) is 0 Å². The first-order chi connectivity index (χ1) is 11.9. The summed E-state index contributed by atoms with van der Waals surface area (Å²) in [6.07, 6.45) is 5.14. The molecule has 0 amide bonds. The quantitative estimate of drug-likeness (QED) is 0.834. The molecule has 0 unspecified atom stereocenters. The molecule has 1 spiro atoms. The van der Waals surface area contributed by atoms with Gasteiger partial charge in [0, 0.05) is 11.8 Å². The van der Waals surface area contributed by atoms with Gasteiger partial charge in [-0.15, -0.1) is 0 Å². The predicted molar refractivity (Wildman–Crippen MR) is 98.7 cm³/mol. The minimum atomic E-state index is -3.22. The first-order valence-corrected chi connectivity index (χ1v) is 10.5. The van der Waals surface area contributed by atoms with Crippen molar-refractivity contribution in [1.29, 1.82) is 0 Å². The molecule has 2 aliphatic carbocycles. The van der Waals surface area contributed by atoms with Crippen molar-refractivity contribution in [2.75, 3.05) is 6.26 Å². The van der Waals surface area contributed by atoms with E-state index in [0.717, 1.165) is 48.0 Å². The summed E-state index contributed by atoms with van der Waals surface area (Å²) in [5.74, 6) is 0.249. The number of hydrogen-bond acceptors (Lipinski definition) is 3. The van der Waals surface area contributed by atoms with E-state index in [1.807, 2.05) is 42.5 Å². The van der Waals surface area contributed by atoms with E-state index < -0.39 is 9.84 Å². The van der Waals surface area contributed by atoms with Crippen molar-refractivity contribution in [3.63, 3.8) is 0 Å². The summed E-state index contributed by atoms with van der Waals surface area (Å²) in [6, 6.07) is 16.8. The summed E-state index contributed by atoms with van der Waals surface area (Å²) in [7, 11) is -3.22. The van der Waals surface area contributed by atoms with Gasteiger partial charge in [-0.3, -0.25) is 4.79 Å². The first kappa shape index (κ1) is 16.3. The highest BCUT2D eigenvalue weighted by Gasteiger charge is 2.54. The van der Waals surface area contributed by atoms with Crippen LogP contribution in [0.2, 0.25) is 0 Å². The number of hydrogen-bond donors (Lipinski definition) is 0. The number of carbonyl (C=O) groups excluding carboxylic acids is 1. The molecule has 0 aromatic heterocycles. The molecule has 128 valence electrons. The van der Waals surface area contributed by atoms with Crippen LogP contribution in [0, 0.1) is 5.41 Å². The molecular weight excluding hydrogens is 332 g/mol. The Morgan fingerprint density at radius 1 is 0.840 bits per heavy atom. The molecule has 1 fully saturated rings. The Balaban J connectivity index is 1.88. The smallest absolute Gasteiger partial charge is 0.175 e. The molecule has 1 saturated carbocycles. The number of Topliss-reactive ketones (excluding diaryl/α,β-unsaturated/α-hetero) is 1. The Morgan fingerprint density at radius 2 is 1.44 bits per heavy atom. The number of benzene rings is 2. The van der Waals surface area contributed by atoms with Gasteiger partial charge in [-0.05, 0) is 41.7 Å². The van der Waals surface area contributed by atoms with Gasteiger partial charge in [-0.25, -0.2) is 8.42 Å². The molecule has 2 aromatic carbocycles. The second-order valence-corrected chi connectivity index (χ2v) is 9.05. The molecule has 0 radical (unpaired) electrons. The summed E-state index contributed by atoms with van der Waals surface area (Å²) in [4.78, 5) is 13.4. The number of sulfone groups is 1. The molecule has 3 nitrogen and oxygen atoms in total. The van der Waals surface area contributed by atoms with Crippen molar-refractivity contribution in [2.24, 2.45) is 5.41 Å². The van der Waals surface area contributed by atoms with E-state index in [2.05, 4.69) is 0 Å². The highest BCUT2D eigenvalue weighted by Crippen LogP contribution is 2.60. The largest absolute Gasteiger partial charge is 0.293 e. The number of rotatable bonds is 3. The van der Waals surface area contributed by atoms with Gasteiger partial charge in [0.2, 0.25) is 0 Å². The molecule has 25 heavy (non-hydrogen) atoms. The van der Waals surface area contributed by atoms with E-state index in [1.165, 1.54) is 6.26 Å². The van der Waals surface area contributed by atoms with Crippen molar-refractivity contribution in [1.82, 2.24) is 0 Å². The van der Waals surface area contributed by atoms with Crippen molar-refractivity contribution in [3.8, 4) is 0 Å². The van der Waals surface area contributed by atoms with E-state index in [4.69, 9.17) is 0 Å². The van der Waals surface area contributed by atoms with Crippen LogP contribution in [0.15, 0.2) is 59.5 Å². The number of carbonyl (C=O) groups is 1. The van der Waals surface area contributed by atoms with E-state index in [9.17, 15) is 13.2 Å². The third-order valence-corrected chi connectivity index (χ3v) is 6.61. The SMILES string of the molecule is CS(=O)(=O)c1ccc(C2=C(c3ccccc3)C(=O)C23CCCC3)cc1. The van der Waals surface area contributed by atoms with Crippen LogP contribution in [0.3, 0.4) is 0 Å². The van der Waals surface area contributed by atoms with Crippen LogP contribution in [0.5, 0.6) is 0 Å². The van der Waals surface area contributed by atoms with Gasteiger partial charge >= 0.3 is 0 Å². The topological polar surface area (TPSA) is 51.2 Å². The molecule has 4 heteroatoms. The summed E-state index contributed by atoms with van der Waals surface area (Å²) < 4.78 is 23.4. The maximum Gasteiger partial charge on any atom is 0.175 e. The molecule has 0 aliphatic heterocycles. The van der Waals surface area contributed by atoms with E-state index in [-0.39, 0.29) is 11.2 Å². The van der Waals surface area contributed by atoms with E-state index >= 15 is 0 Å². The predicted octanol–water partition coefficient (Wildman–Crippen LogP) is 4.14. The molecule has 0 N–H and O–H groups in total. The zero-order valence-electron chi connectivity index (χ0n) is 14.2. The number of allylic oxidation sites excluding steroid dienone is 2. The zero-order chi connectivity index (χ0) is 17.7. The Morgan fingerprint density at radius 3 is 2.00 bits per heavy atom. The lowest BCUT2D eigenvalue weighted by Gasteiger charge is -2.42. The van der Waals surface area contributed by atoms with Crippen molar-refractivity contribution >= 4 is 26.8 Å². The second-order valence-electron chi connectivity index (χ2n) is 7.03. The summed E-state index contributed by atoms with van der Waals surface area (Å²) in [5.41, 5.74) is 3.45. The van der Waals surface area contributed by atoms with Gasteiger partial charge in [0.1, 0.15) is 0 Å². The van der Waals surface area contributed by atoms with Gasteiger partial charge in [0.05, 0.1) is 10.3 Å². The van der Waals surface area contributed by atoms with Gasteiger partial charge in [-0.1, -0.05) is 55.3 Å². The fraction of sp³-hybridized carbons (Fsp3) is 0.286. The van der Waals surface area contributed by atoms with Crippen LogP contribution in [-0.4, -0.2) is 20.5 Å². The maximum atomic E-state index is 13.0. The molecule has 2 aliphatic rings. The molecule has 0 bridgehead atoms. The highest BCUT2D eigenvalue weighted by molar-refractivity contribution is 7.90. The lowest BCUT2D eigenvalue weighted by Crippen LogP contribution is -2.40. The minimum Gasteiger partial charge on any atom is -0.293 e. The van der Waals surface area contributed by atoms with Crippen LogP contribution >= 0.6 is 0 Å². The summed E-state index contributed by atoms with van der Waals surface area (Å²) in [6.45, 7) is 0. The standard InChI is InChI=1S/C21H20O3S/c1-25(23,24)17-11-9-16(10-12-17)19-18(15-7-3-2-4-8-15)20(22)21(19)13-5-6-14-21/h2-4,7-12H,5-6,13-14H2,1H3. The Labute approximate surface area is 148 Å². The molecule has 0 atom stereocenters. The third kappa shape index (κ3) is 2.47. The maximum absolute atomic E-state index is 13.0. The number of ketones is 1. The van der Waals surface area contributed by atoms with Gasteiger partial charge < -0.3 is 0 Å².